The van der Waals surface area contributed by atoms with Gasteiger partial charge in [0.05, 0.1) is 11.6 Å². The fourth-order valence-corrected chi connectivity index (χ4v) is 2.01. The average molecular weight is 227 g/mol. The SMILES string of the molecule is CCCNC1c2c(F)ccc(F)c2OC1C. The Kier molecular flexibility index (Phi) is 3.10. The Morgan fingerprint density at radius 2 is 2.00 bits per heavy atom. The third kappa shape index (κ3) is 1.78. The molecule has 1 heterocycles. The molecule has 0 aliphatic carbocycles. The van der Waals surface area contributed by atoms with Gasteiger partial charge in [0, 0.05) is 0 Å². The topological polar surface area (TPSA) is 21.3 Å². The number of nitrogens with one attached hydrogen (secondary N) is 1. The Bertz CT molecular complexity index is 395. The van der Waals surface area contributed by atoms with Gasteiger partial charge in [0.1, 0.15) is 11.9 Å². The van der Waals surface area contributed by atoms with Crippen LogP contribution in [0.25, 0.3) is 0 Å². The van der Waals surface area contributed by atoms with E-state index >= 15 is 0 Å². The van der Waals surface area contributed by atoms with E-state index in [0.29, 0.717) is 5.56 Å². The van der Waals surface area contributed by atoms with Crippen molar-refractivity contribution >= 4 is 0 Å². The first-order valence-corrected chi connectivity index (χ1v) is 5.53. The van der Waals surface area contributed by atoms with E-state index < -0.39 is 11.6 Å². The molecule has 0 saturated carbocycles. The zero-order valence-corrected chi connectivity index (χ0v) is 9.39. The van der Waals surface area contributed by atoms with Crippen molar-refractivity contribution in [3.05, 3.63) is 29.3 Å². The monoisotopic (exact) mass is 227 g/mol. The number of benzene rings is 1. The zero-order chi connectivity index (χ0) is 11.7. The van der Waals surface area contributed by atoms with Gasteiger partial charge in [-0.05, 0) is 32.0 Å². The summed E-state index contributed by atoms with van der Waals surface area (Å²) >= 11 is 0. The van der Waals surface area contributed by atoms with Crippen molar-refractivity contribution in [3.63, 3.8) is 0 Å². The lowest BCUT2D eigenvalue weighted by molar-refractivity contribution is 0.203. The molecule has 2 nitrogen and oxygen atoms in total. The minimum Gasteiger partial charge on any atom is -0.485 e. The summed E-state index contributed by atoms with van der Waals surface area (Å²) in [6.07, 6.45) is 0.697. The summed E-state index contributed by atoms with van der Waals surface area (Å²) in [5.41, 5.74) is 0.320. The van der Waals surface area contributed by atoms with Crippen LogP contribution in [-0.2, 0) is 0 Å². The zero-order valence-electron chi connectivity index (χ0n) is 9.39. The van der Waals surface area contributed by atoms with Crippen molar-refractivity contribution in [3.8, 4) is 5.75 Å². The molecule has 1 N–H and O–H groups in total. The maximum Gasteiger partial charge on any atom is 0.165 e. The third-order valence-electron chi connectivity index (χ3n) is 2.79. The summed E-state index contributed by atoms with van der Waals surface area (Å²) in [5, 5.41) is 3.17. The van der Waals surface area contributed by atoms with E-state index in [1.54, 1.807) is 0 Å². The molecule has 0 bridgehead atoms. The Balaban J connectivity index is 2.35. The highest BCUT2D eigenvalue weighted by Crippen LogP contribution is 2.40. The molecular weight excluding hydrogens is 212 g/mol. The van der Waals surface area contributed by atoms with E-state index in [-0.39, 0.29) is 17.9 Å². The van der Waals surface area contributed by atoms with Crippen molar-refractivity contribution in [2.45, 2.75) is 32.4 Å². The standard InChI is InChI=1S/C12H15F2NO/c1-3-6-15-11-7(2)16-12-9(14)5-4-8(13)10(11)12/h4-5,7,11,15H,3,6H2,1-2H3. The van der Waals surface area contributed by atoms with Crippen LogP contribution in [0.2, 0.25) is 0 Å². The lowest BCUT2D eigenvalue weighted by atomic mass is 10.0. The molecule has 1 aliphatic heterocycles. The lowest BCUT2D eigenvalue weighted by Crippen LogP contribution is -2.29. The van der Waals surface area contributed by atoms with Crippen LogP contribution in [0, 0.1) is 11.6 Å². The van der Waals surface area contributed by atoms with Crippen molar-refractivity contribution in [2.75, 3.05) is 6.54 Å². The molecule has 1 aromatic carbocycles. The smallest absolute Gasteiger partial charge is 0.165 e. The highest BCUT2D eigenvalue weighted by molar-refractivity contribution is 5.42. The number of hydrogen-bond donors (Lipinski definition) is 1. The van der Waals surface area contributed by atoms with Gasteiger partial charge in [0.15, 0.2) is 11.6 Å². The Morgan fingerprint density at radius 3 is 2.69 bits per heavy atom. The number of halogens is 2. The van der Waals surface area contributed by atoms with Crippen LogP contribution in [0.5, 0.6) is 5.75 Å². The molecule has 0 fully saturated rings. The van der Waals surface area contributed by atoms with Gasteiger partial charge < -0.3 is 10.1 Å². The molecule has 0 spiro atoms. The largest absolute Gasteiger partial charge is 0.485 e. The predicted octanol–water partition coefficient (Wildman–Crippen LogP) is 2.79. The van der Waals surface area contributed by atoms with Gasteiger partial charge in [0.25, 0.3) is 0 Å². The van der Waals surface area contributed by atoms with Crippen LogP contribution in [0.4, 0.5) is 8.78 Å². The molecule has 0 aromatic heterocycles. The fourth-order valence-electron chi connectivity index (χ4n) is 2.01. The van der Waals surface area contributed by atoms with E-state index in [0.717, 1.165) is 25.1 Å². The van der Waals surface area contributed by atoms with Crippen LogP contribution in [0.3, 0.4) is 0 Å². The first-order valence-electron chi connectivity index (χ1n) is 5.53. The summed E-state index contributed by atoms with van der Waals surface area (Å²) in [4.78, 5) is 0. The number of fused-ring (bicyclic) bond motifs is 1. The second kappa shape index (κ2) is 4.37. The molecule has 4 heteroatoms. The summed E-state index contributed by atoms with van der Waals surface area (Å²) in [5.74, 6) is -0.848. The van der Waals surface area contributed by atoms with Crippen LogP contribution in [-0.4, -0.2) is 12.6 Å². The molecule has 0 saturated heterocycles. The Labute approximate surface area is 93.6 Å². The van der Waals surface area contributed by atoms with Crippen LogP contribution >= 0.6 is 0 Å². The number of ether oxygens (including phenoxy) is 1. The van der Waals surface area contributed by atoms with E-state index in [1.807, 2.05) is 13.8 Å². The molecule has 2 atom stereocenters. The first kappa shape index (κ1) is 11.3. The van der Waals surface area contributed by atoms with Crippen LogP contribution < -0.4 is 10.1 Å². The minimum absolute atomic E-state index is 0.0566. The molecule has 16 heavy (non-hydrogen) atoms. The molecule has 2 unspecified atom stereocenters. The normalized spacial score (nSPS) is 23.0. The molecule has 2 rings (SSSR count). The highest BCUT2D eigenvalue weighted by atomic mass is 19.1. The second-order valence-corrected chi connectivity index (χ2v) is 4.03. The average Bonchev–Trinajstić information content (AvgIpc) is 2.59. The maximum atomic E-state index is 13.6. The van der Waals surface area contributed by atoms with E-state index in [2.05, 4.69) is 5.32 Å². The number of hydrogen-bond acceptors (Lipinski definition) is 2. The Morgan fingerprint density at radius 1 is 1.31 bits per heavy atom. The minimum atomic E-state index is -0.496. The van der Waals surface area contributed by atoms with Crippen LogP contribution in [0.15, 0.2) is 12.1 Å². The lowest BCUT2D eigenvalue weighted by Gasteiger charge is -2.16. The molecule has 88 valence electrons. The summed E-state index contributed by atoms with van der Waals surface area (Å²) in [6, 6.07) is 1.99. The van der Waals surface area contributed by atoms with Gasteiger partial charge in [-0.3, -0.25) is 0 Å². The highest BCUT2D eigenvalue weighted by Gasteiger charge is 2.35. The number of rotatable bonds is 3. The molecule has 1 aromatic rings. The van der Waals surface area contributed by atoms with E-state index in [9.17, 15) is 8.78 Å². The van der Waals surface area contributed by atoms with Crippen molar-refractivity contribution in [1.82, 2.24) is 5.32 Å². The Hall–Kier alpha value is -1.16. The van der Waals surface area contributed by atoms with Gasteiger partial charge in [-0.1, -0.05) is 6.92 Å². The van der Waals surface area contributed by atoms with Crippen molar-refractivity contribution in [1.29, 1.82) is 0 Å². The van der Waals surface area contributed by atoms with Gasteiger partial charge in [-0.15, -0.1) is 0 Å². The van der Waals surface area contributed by atoms with Crippen molar-refractivity contribution < 1.29 is 13.5 Å². The molecule has 0 radical (unpaired) electrons. The predicted molar refractivity (Wildman–Crippen MR) is 57.5 cm³/mol. The van der Waals surface area contributed by atoms with Gasteiger partial charge in [-0.2, -0.15) is 0 Å². The van der Waals surface area contributed by atoms with Gasteiger partial charge in [-0.25, -0.2) is 8.78 Å². The summed E-state index contributed by atoms with van der Waals surface area (Å²) in [6.45, 7) is 4.59. The van der Waals surface area contributed by atoms with Gasteiger partial charge >= 0.3 is 0 Å². The van der Waals surface area contributed by atoms with Crippen LogP contribution in [0.1, 0.15) is 31.9 Å². The van der Waals surface area contributed by atoms with Crippen molar-refractivity contribution in [2.24, 2.45) is 0 Å². The van der Waals surface area contributed by atoms with Gasteiger partial charge in [0.2, 0.25) is 0 Å². The quantitative estimate of drug-likeness (QED) is 0.857. The second-order valence-electron chi connectivity index (χ2n) is 4.03. The van der Waals surface area contributed by atoms with E-state index in [4.69, 9.17) is 4.74 Å². The molecular formula is C12H15F2NO. The summed E-state index contributed by atoms with van der Waals surface area (Å²) < 4.78 is 32.4. The first-order chi connectivity index (χ1) is 7.65. The van der Waals surface area contributed by atoms with E-state index in [1.165, 1.54) is 0 Å². The fraction of sp³-hybridized carbons (Fsp3) is 0.500. The summed E-state index contributed by atoms with van der Waals surface area (Å²) in [7, 11) is 0. The molecule has 1 aliphatic rings. The maximum absolute atomic E-state index is 13.6. The third-order valence-corrected chi connectivity index (χ3v) is 2.79. The molecule has 0 amide bonds.